The molecule has 0 bridgehead atoms. The van der Waals surface area contributed by atoms with Crippen LogP contribution in [0, 0.1) is 13.8 Å². The first-order valence-electron chi connectivity index (χ1n) is 8.45. The number of guanidine groups is 1. The summed E-state index contributed by atoms with van der Waals surface area (Å²) in [4.78, 5) is 15.9. The molecule has 1 heterocycles. The van der Waals surface area contributed by atoms with Crippen molar-refractivity contribution in [1.82, 2.24) is 16.0 Å². The van der Waals surface area contributed by atoms with Crippen LogP contribution in [0.1, 0.15) is 36.5 Å². The fourth-order valence-corrected chi connectivity index (χ4v) is 2.88. The van der Waals surface area contributed by atoms with Crippen molar-refractivity contribution in [1.29, 1.82) is 0 Å². The number of rotatable bonds is 5. The lowest BCUT2D eigenvalue weighted by Crippen LogP contribution is -2.51. The Morgan fingerprint density at radius 2 is 2.00 bits per heavy atom. The lowest BCUT2D eigenvalue weighted by atomic mass is 10.1. The quantitative estimate of drug-likeness (QED) is 0.371. The van der Waals surface area contributed by atoms with Gasteiger partial charge in [0.1, 0.15) is 0 Å². The van der Waals surface area contributed by atoms with E-state index in [4.69, 9.17) is 0 Å². The van der Waals surface area contributed by atoms with E-state index in [1.807, 2.05) is 0 Å². The van der Waals surface area contributed by atoms with Crippen LogP contribution in [0.4, 0.5) is 0 Å². The molecule has 0 radical (unpaired) electrons. The minimum atomic E-state index is 0. The minimum absolute atomic E-state index is 0. The lowest BCUT2D eigenvalue weighted by molar-refractivity contribution is -0.122. The van der Waals surface area contributed by atoms with Gasteiger partial charge in [-0.05, 0) is 39.2 Å². The van der Waals surface area contributed by atoms with Crippen LogP contribution < -0.4 is 16.0 Å². The smallest absolute Gasteiger partial charge is 0.220 e. The maximum atomic E-state index is 11.2. The molecule has 3 N–H and O–H groups in total. The average molecular weight is 444 g/mol. The van der Waals surface area contributed by atoms with Crippen molar-refractivity contribution in [2.24, 2.45) is 4.99 Å². The van der Waals surface area contributed by atoms with Crippen molar-refractivity contribution in [2.45, 2.75) is 46.1 Å². The number of nitrogens with one attached hydrogen (secondary N) is 3. The Balaban J connectivity index is 0.00000288. The molecule has 1 atom stereocenters. The third-order valence-electron chi connectivity index (χ3n) is 3.90. The molecule has 0 aliphatic carbocycles. The highest BCUT2D eigenvalue weighted by Crippen LogP contribution is 2.09. The van der Waals surface area contributed by atoms with E-state index in [2.05, 4.69) is 59.9 Å². The summed E-state index contributed by atoms with van der Waals surface area (Å²) in [5, 5.41) is 9.58. The molecular weight excluding hydrogens is 415 g/mol. The van der Waals surface area contributed by atoms with Crippen molar-refractivity contribution >= 4 is 35.8 Å². The summed E-state index contributed by atoms with van der Waals surface area (Å²) in [6, 6.07) is 6.89. The van der Waals surface area contributed by atoms with E-state index in [1.54, 1.807) is 0 Å². The summed E-state index contributed by atoms with van der Waals surface area (Å²) in [6.07, 6.45) is 2.37. The van der Waals surface area contributed by atoms with E-state index in [0.29, 0.717) is 13.0 Å². The normalized spacial score (nSPS) is 17.7. The molecule has 1 fully saturated rings. The predicted octanol–water partition coefficient (Wildman–Crippen LogP) is 2.30. The number of hydrogen-bond donors (Lipinski definition) is 3. The largest absolute Gasteiger partial charge is 0.357 e. The summed E-state index contributed by atoms with van der Waals surface area (Å²) >= 11 is 0. The lowest BCUT2D eigenvalue weighted by Gasteiger charge is -2.25. The van der Waals surface area contributed by atoms with Gasteiger partial charge in [-0.25, -0.2) is 0 Å². The molecule has 1 aromatic rings. The zero-order valence-electron chi connectivity index (χ0n) is 14.8. The summed E-state index contributed by atoms with van der Waals surface area (Å²) in [6.45, 7) is 8.56. The van der Waals surface area contributed by atoms with E-state index in [-0.39, 0.29) is 35.9 Å². The Morgan fingerprint density at radius 3 is 2.58 bits per heavy atom. The third kappa shape index (κ3) is 7.07. The van der Waals surface area contributed by atoms with Crippen LogP contribution in [-0.4, -0.2) is 37.5 Å². The second-order valence-electron chi connectivity index (χ2n) is 6.19. The van der Waals surface area contributed by atoms with Gasteiger partial charge in [0.05, 0.1) is 0 Å². The van der Waals surface area contributed by atoms with E-state index in [0.717, 1.165) is 31.9 Å². The number of benzene rings is 1. The summed E-state index contributed by atoms with van der Waals surface area (Å²) in [7, 11) is 0. The molecule has 0 spiro atoms. The second kappa shape index (κ2) is 10.5. The number of amides is 1. The van der Waals surface area contributed by atoms with Crippen LogP contribution >= 0.6 is 24.0 Å². The van der Waals surface area contributed by atoms with Crippen molar-refractivity contribution in [3.63, 3.8) is 0 Å². The fourth-order valence-electron chi connectivity index (χ4n) is 2.88. The molecule has 1 aromatic carbocycles. The number of piperidine rings is 1. The SMILES string of the molecule is CCNC(=NCCc1cc(C)cc(C)c1)NC1CCC(=O)NC1.I. The van der Waals surface area contributed by atoms with Crippen LogP contribution in [-0.2, 0) is 11.2 Å². The first-order valence-corrected chi connectivity index (χ1v) is 8.45. The Kier molecular flexibility index (Phi) is 9.10. The molecule has 0 saturated carbocycles. The molecule has 1 amide bonds. The molecule has 24 heavy (non-hydrogen) atoms. The van der Waals surface area contributed by atoms with Crippen LogP contribution in [0.2, 0.25) is 0 Å². The monoisotopic (exact) mass is 444 g/mol. The molecule has 1 unspecified atom stereocenters. The van der Waals surface area contributed by atoms with Gasteiger partial charge >= 0.3 is 0 Å². The van der Waals surface area contributed by atoms with Gasteiger partial charge in [0, 0.05) is 32.1 Å². The van der Waals surface area contributed by atoms with Gasteiger partial charge in [-0.3, -0.25) is 9.79 Å². The third-order valence-corrected chi connectivity index (χ3v) is 3.90. The maximum Gasteiger partial charge on any atom is 0.220 e. The second-order valence-corrected chi connectivity index (χ2v) is 6.19. The summed E-state index contributed by atoms with van der Waals surface area (Å²) in [5.41, 5.74) is 3.92. The van der Waals surface area contributed by atoms with Gasteiger partial charge < -0.3 is 16.0 Å². The molecule has 134 valence electrons. The van der Waals surface area contributed by atoms with Gasteiger partial charge in [0.15, 0.2) is 5.96 Å². The van der Waals surface area contributed by atoms with Crippen molar-refractivity contribution in [2.75, 3.05) is 19.6 Å². The molecule has 1 aliphatic rings. The molecular formula is C18H29IN4O. The molecule has 2 rings (SSSR count). The molecule has 1 aliphatic heterocycles. The van der Waals surface area contributed by atoms with Crippen molar-refractivity contribution < 1.29 is 4.79 Å². The number of carbonyl (C=O) groups excluding carboxylic acids is 1. The van der Waals surface area contributed by atoms with Crippen LogP contribution in [0.25, 0.3) is 0 Å². The molecule has 6 heteroatoms. The summed E-state index contributed by atoms with van der Waals surface area (Å²) in [5.74, 6) is 0.970. The average Bonchev–Trinajstić information content (AvgIpc) is 2.49. The fraction of sp³-hybridized carbons (Fsp3) is 0.556. The van der Waals surface area contributed by atoms with Crippen LogP contribution in [0.5, 0.6) is 0 Å². The highest BCUT2D eigenvalue weighted by Gasteiger charge is 2.18. The number of nitrogens with zero attached hydrogens (tertiary/aromatic N) is 1. The van der Waals surface area contributed by atoms with Crippen molar-refractivity contribution in [3.05, 3.63) is 34.9 Å². The number of hydrogen-bond acceptors (Lipinski definition) is 2. The number of halogens is 1. The Labute approximate surface area is 162 Å². The standard InChI is InChI=1S/C18H28N4O.HI/c1-4-19-18(22-16-5-6-17(23)21-12-16)20-8-7-15-10-13(2)9-14(3)11-15;/h9-11,16H,4-8,12H2,1-3H3,(H,21,23)(H2,19,20,22);1H. The Hall–Kier alpha value is -1.31. The van der Waals surface area contributed by atoms with Crippen LogP contribution in [0.15, 0.2) is 23.2 Å². The first kappa shape index (κ1) is 20.7. The maximum absolute atomic E-state index is 11.2. The zero-order chi connectivity index (χ0) is 16.7. The van der Waals surface area contributed by atoms with Gasteiger partial charge in [0.2, 0.25) is 5.91 Å². The Morgan fingerprint density at radius 1 is 1.29 bits per heavy atom. The molecule has 5 nitrogen and oxygen atoms in total. The number of aryl methyl sites for hydroxylation is 2. The molecule has 1 saturated heterocycles. The van der Waals surface area contributed by atoms with Gasteiger partial charge in [-0.2, -0.15) is 0 Å². The summed E-state index contributed by atoms with van der Waals surface area (Å²) < 4.78 is 0. The topological polar surface area (TPSA) is 65.5 Å². The van der Waals surface area contributed by atoms with Gasteiger partial charge in [0.25, 0.3) is 0 Å². The number of carbonyl (C=O) groups is 1. The number of aliphatic imine (C=N–C) groups is 1. The van der Waals surface area contributed by atoms with E-state index in [9.17, 15) is 4.79 Å². The zero-order valence-corrected chi connectivity index (χ0v) is 17.1. The van der Waals surface area contributed by atoms with Gasteiger partial charge in [-0.15, -0.1) is 24.0 Å². The Bertz CT molecular complexity index is 544. The van der Waals surface area contributed by atoms with E-state index >= 15 is 0 Å². The minimum Gasteiger partial charge on any atom is -0.357 e. The van der Waals surface area contributed by atoms with Crippen molar-refractivity contribution in [3.8, 4) is 0 Å². The van der Waals surface area contributed by atoms with E-state index < -0.39 is 0 Å². The van der Waals surface area contributed by atoms with Gasteiger partial charge in [-0.1, -0.05) is 29.3 Å². The molecule has 0 aromatic heterocycles. The van der Waals surface area contributed by atoms with E-state index in [1.165, 1.54) is 16.7 Å². The van der Waals surface area contributed by atoms with Crippen LogP contribution in [0.3, 0.4) is 0 Å². The highest BCUT2D eigenvalue weighted by molar-refractivity contribution is 14.0. The first-order chi connectivity index (χ1) is 11.1. The highest BCUT2D eigenvalue weighted by atomic mass is 127. The predicted molar refractivity (Wildman–Crippen MR) is 110 cm³/mol.